The highest BCUT2D eigenvalue weighted by Crippen LogP contribution is 2.34. The lowest BCUT2D eigenvalue weighted by molar-refractivity contribution is -0.122. The van der Waals surface area contributed by atoms with Crippen molar-refractivity contribution in [1.82, 2.24) is 0 Å². The molecule has 1 heterocycles. The van der Waals surface area contributed by atoms with Crippen LogP contribution in [-0.2, 0) is 9.59 Å². The van der Waals surface area contributed by atoms with Crippen molar-refractivity contribution in [2.24, 2.45) is 0 Å². The Balaban J connectivity index is 1.64. The maximum absolute atomic E-state index is 12.7. The highest BCUT2D eigenvalue weighted by Gasteiger charge is 2.27. The van der Waals surface area contributed by atoms with Crippen LogP contribution in [0.4, 0.5) is 11.4 Å². The number of benzene rings is 2. The second-order valence-corrected chi connectivity index (χ2v) is 6.84. The third-order valence-electron chi connectivity index (χ3n) is 4.19. The van der Waals surface area contributed by atoms with E-state index in [1.807, 2.05) is 32.0 Å². The highest BCUT2D eigenvalue weighted by atomic mass is 35.5. The number of amides is 2. The van der Waals surface area contributed by atoms with Gasteiger partial charge in [0, 0.05) is 12.8 Å². The summed E-state index contributed by atoms with van der Waals surface area (Å²) in [6.45, 7) is 4.37. The maximum Gasteiger partial charge on any atom is 0.227 e. The molecular weight excluding hydrogens is 352 g/mol. The number of carbonyl (C=O) groups is 2. The zero-order valence-electron chi connectivity index (χ0n) is 14.8. The van der Waals surface area contributed by atoms with Gasteiger partial charge >= 0.3 is 0 Å². The molecule has 2 amide bonds. The van der Waals surface area contributed by atoms with Crippen molar-refractivity contribution in [2.75, 3.05) is 16.8 Å². The van der Waals surface area contributed by atoms with Gasteiger partial charge in [0.05, 0.1) is 22.9 Å². The molecule has 0 saturated carbocycles. The molecule has 2 aromatic carbocycles. The monoisotopic (exact) mass is 372 g/mol. The van der Waals surface area contributed by atoms with E-state index in [4.69, 9.17) is 16.3 Å². The Kier molecular flexibility index (Phi) is 5.47. The van der Waals surface area contributed by atoms with E-state index in [9.17, 15) is 9.59 Å². The van der Waals surface area contributed by atoms with E-state index in [1.54, 1.807) is 29.2 Å². The van der Waals surface area contributed by atoms with Crippen molar-refractivity contribution in [2.45, 2.75) is 32.8 Å². The van der Waals surface area contributed by atoms with Gasteiger partial charge in [-0.2, -0.15) is 0 Å². The highest BCUT2D eigenvalue weighted by molar-refractivity contribution is 6.33. The first-order valence-electron chi connectivity index (χ1n) is 8.56. The second-order valence-electron chi connectivity index (χ2n) is 6.43. The molecule has 26 heavy (non-hydrogen) atoms. The standard InChI is InChI=1S/C20H21ClN2O3/c1-13-7-8-18-17(11-13)23(12-14(2)26-18)20(25)10-9-19(24)22-16-6-4-3-5-15(16)21/h3-8,11,14H,9-10,12H2,1-2H3,(H,22,24)/t14-/m1/s1. The summed E-state index contributed by atoms with van der Waals surface area (Å²) < 4.78 is 5.80. The van der Waals surface area contributed by atoms with Gasteiger partial charge in [-0.05, 0) is 43.7 Å². The van der Waals surface area contributed by atoms with E-state index in [2.05, 4.69) is 5.32 Å². The minimum Gasteiger partial charge on any atom is -0.487 e. The molecule has 0 aromatic heterocycles. The predicted molar refractivity (Wildman–Crippen MR) is 103 cm³/mol. The molecule has 0 unspecified atom stereocenters. The Labute approximate surface area is 157 Å². The van der Waals surface area contributed by atoms with E-state index in [0.717, 1.165) is 11.3 Å². The molecule has 5 nitrogen and oxygen atoms in total. The first-order valence-corrected chi connectivity index (χ1v) is 8.94. The van der Waals surface area contributed by atoms with Crippen LogP contribution in [0, 0.1) is 6.92 Å². The lowest BCUT2D eigenvalue weighted by atomic mass is 10.1. The van der Waals surface area contributed by atoms with Gasteiger partial charge < -0.3 is 15.0 Å². The van der Waals surface area contributed by atoms with Gasteiger partial charge in [0.1, 0.15) is 11.9 Å². The van der Waals surface area contributed by atoms with Gasteiger partial charge in [0.2, 0.25) is 11.8 Å². The van der Waals surface area contributed by atoms with Crippen LogP contribution in [0.1, 0.15) is 25.3 Å². The zero-order valence-corrected chi connectivity index (χ0v) is 15.5. The number of carbonyl (C=O) groups excluding carboxylic acids is 2. The summed E-state index contributed by atoms with van der Waals surface area (Å²) in [6, 6.07) is 12.8. The van der Waals surface area contributed by atoms with Crippen molar-refractivity contribution >= 4 is 34.8 Å². The number of para-hydroxylation sites is 1. The van der Waals surface area contributed by atoms with Gasteiger partial charge in [0.25, 0.3) is 0 Å². The number of hydrogen-bond donors (Lipinski definition) is 1. The fourth-order valence-corrected chi connectivity index (χ4v) is 3.10. The van der Waals surface area contributed by atoms with Crippen molar-refractivity contribution in [1.29, 1.82) is 0 Å². The fraction of sp³-hybridized carbons (Fsp3) is 0.300. The smallest absolute Gasteiger partial charge is 0.227 e. The first kappa shape index (κ1) is 18.3. The zero-order chi connectivity index (χ0) is 18.7. The quantitative estimate of drug-likeness (QED) is 0.875. The predicted octanol–water partition coefficient (Wildman–Crippen LogP) is 4.18. The molecule has 1 aliphatic rings. The fourth-order valence-electron chi connectivity index (χ4n) is 2.91. The van der Waals surface area contributed by atoms with E-state index >= 15 is 0 Å². The molecule has 136 valence electrons. The van der Waals surface area contributed by atoms with Crippen LogP contribution in [-0.4, -0.2) is 24.5 Å². The van der Waals surface area contributed by atoms with Crippen LogP contribution < -0.4 is 15.0 Å². The van der Waals surface area contributed by atoms with Gasteiger partial charge in [-0.15, -0.1) is 0 Å². The van der Waals surface area contributed by atoms with Crippen LogP contribution in [0.5, 0.6) is 5.75 Å². The molecule has 0 radical (unpaired) electrons. The lowest BCUT2D eigenvalue weighted by Gasteiger charge is -2.33. The summed E-state index contributed by atoms with van der Waals surface area (Å²) in [7, 11) is 0. The number of anilines is 2. The van der Waals surface area contributed by atoms with Crippen molar-refractivity contribution in [3.8, 4) is 5.75 Å². The molecule has 0 bridgehead atoms. The minimum absolute atomic E-state index is 0.0916. The maximum atomic E-state index is 12.7. The molecule has 0 fully saturated rings. The summed E-state index contributed by atoms with van der Waals surface area (Å²) in [5.74, 6) is 0.363. The normalized spacial score (nSPS) is 15.8. The topological polar surface area (TPSA) is 58.6 Å². The summed E-state index contributed by atoms with van der Waals surface area (Å²) in [6.07, 6.45) is 0.124. The number of rotatable bonds is 4. The largest absolute Gasteiger partial charge is 0.487 e. The molecule has 3 rings (SSSR count). The Morgan fingerprint density at radius 3 is 2.77 bits per heavy atom. The third-order valence-corrected chi connectivity index (χ3v) is 4.52. The van der Waals surface area contributed by atoms with Crippen molar-refractivity contribution in [3.05, 3.63) is 53.1 Å². The number of nitrogens with zero attached hydrogens (tertiary/aromatic N) is 1. The van der Waals surface area contributed by atoms with E-state index < -0.39 is 0 Å². The third kappa shape index (κ3) is 4.17. The van der Waals surface area contributed by atoms with E-state index in [1.165, 1.54) is 0 Å². The van der Waals surface area contributed by atoms with Crippen LogP contribution in [0.15, 0.2) is 42.5 Å². The Morgan fingerprint density at radius 2 is 2.00 bits per heavy atom. The van der Waals surface area contributed by atoms with E-state index in [0.29, 0.717) is 23.0 Å². The summed E-state index contributed by atoms with van der Waals surface area (Å²) in [4.78, 5) is 26.6. The lowest BCUT2D eigenvalue weighted by Crippen LogP contribution is -2.42. The SMILES string of the molecule is Cc1ccc2c(c1)N(C(=O)CCC(=O)Nc1ccccc1Cl)C[C@@H](C)O2. The summed E-state index contributed by atoms with van der Waals surface area (Å²) >= 11 is 6.04. The van der Waals surface area contributed by atoms with Crippen LogP contribution in [0.25, 0.3) is 0 Å². The van der Waals surface area contributed by atoms with Crippen LogP contribution >= 0.6 is 11.6 Å². The van der Waals surface area contributed by atoms with Crippen LogP contribution in [0.2, 0.25) is 5.02 Å². The number of aryl methyl sites for hydroxylation is 1. The van der Waals surface area contributed by atoms with Crippen molar-refractivity contribution < 1.29 is 14.3 Å². The molecule has 2 aromatic rings. The number of fused-ring (bicyclic) bond motifs is 1. The van der Waals surface area contributed by atoms with Gasteiger partial charge in [0.15, 0.2) is 0 Å². The molecule has 6 heteroatoms. The molecule has 0 saturated heterocycles. The van der Waals surface area contributed by atoms with Crippen molar-refractivity contribution in [3.63, 3.8) is 0 Å². The molecular formula is C20H21ClN2O3. The molecule has 1 atom stereocenters. The molecule has 1 aliphatic heterocycles. The Morgan fingerprint density at radius 1 is 1.23 bits per heavy atom. The average Bonchev–Trinajstić information content (AvgIpc) is 2.61. The van der Waals surface area contributed by atoms with E-state index in [-0.39, 0.29) is 30.8 Å². The first-order chi connectivity index (χ1) is 12.4. The van der Waals surface area contributed by atoms with Gasteiger partial charge in [-0.3, -0.25) is 9.59 Å². The average molecular weight is 373 g/mol. The second kappa shape index (κ2) is 7.79. The summed E-state index contributed by atoms with van der Waals surface area (Å²) in [5.41, 5.74) is 2.36. The van der Waals surface area contributed by atoms with Gasteiger partial charge in [-0.25, -0.2) is 0 Å². The Bertz CT molecular complexity index is 838. The Hall–Kier alpha value is -2.53. The summed E-state index contributed by atoms with van der Waals surface area (Å²) in [5, 5.41) is 3.21. The number of halogens is 1. The van der Waals surface area contributed by atoms with Gasteiger partial charge in [-0.1, -0.05) is 29.8 Å². The minimum atomic E-state index is -0.239. The molecule has 1 N–H and O–H groups in total. The number of ether oxygens (including phenoxy) is 1. The molecule has 0 spiro atoms. The number of nitrogens with one attached hydrogen (secondary N) is 1. The molecule has 0 aliphatic carbocycles. The van der Waals surface area contributed by atoms with Crippen LogP contribution in [0.3, 0.4) is 0 Å². The number of hydrogen-bond acceptors (Lipinski definition) is 3.